The molecule has 2 rings (SSSR count). The van der Waals surface area contributed by atoms with Gasteiger partial charge in [-0.2, -0.15) is 0 Å². The summed E-state index contributed by atoms with van der Waals surface area (Å²) in [4.78, 5) is 13.0. The molecule has 0 amide bonds. The Morgan fingerprint density at radius 2 is 2.00 bits per heavy atom. The lowest BCUT2D eigenvalue weighted by Crippen LogP contribution is -2.30. The first kappa shape index (κ1) is 13.6. The molecule has 0 bridgehead atoms. The van der Waals surface area contributed by atoms with E-state index in [0.29, 0.717) is 6.42 Å². The fraction of sp³-hybridized carbons (Fsp3) is 0.357. The van der Waals surface area contributed by atoms with Crippen LogP contribution in [0.5, 0.6) is 0 Å². The first-order valence-electron chi connectivity index (χ1n) is 6.41. The molecule has 0 fully saturated rings. The van der Waals surface area contributed by atoms with Crippen LogP contribution in [0.4, 0.5) is 0 Å². The molecule has 0 saturated carbocycles. The summed E-state index contributed by atoms with van der Waals surface area (Å²) in [5.74, 6) is 5.60. The van der Waals surface area contributed by atoms with Crippen molar-refractivity contribution in [2.24, 2.45) is 5.84 Å². The lowest BCUT2D eigenvalue weighted by Gasteiger charge is -2.14. The molecule has 1 atom stereocenters. The van der Waals surface area contributed by atoms with Gasteiger partial charge >= 0.3 is 0 Å². The molecule has 0 aliphatic heterocycles. The van der Waals surface area contributed by atoms with Crippen molar-refractivity contribution < 1.29 is 0 Å². The number of aromatic nitrogens is 3. The number of aryl methyl sites for hydroxylation is 2. The maximum Gasteiger partial charge on any atom is 0.0773 e. The zero-order valence-electron chi connectivity index (χ0n) is 11.3. The molecule has 0 aliphatic rings. The predicted octanol–water partition coefficient (Wildman–Crippen LogP) is 1.49. The van der Waals surface area contributed by atoms with E-state index in [1.165, 1.54) is 5.56 Å². The first-order valence-corrected chi connectivity index (χ1v) is 6.41. The predicted molar refractivity (Wildman–Crippen MR) is 74.2 cm³/mol. The summed E-state index contributed by atoms with van der Waals surface area (Å²) in [5, 5.41) is 0. The van der Waals surface area contributed by atoms with Gasteiger partial charge in [-0.3, -0.25) is 26.2 Å². The lowest BCUT2D eigenvalue weighted by molar-refractivity contribution is 0.530. The van der Waals surface area contributed by atoms with Gasteiger partial charge in [0.25, 0.3) is 0 Å². The molecule has 100 valence electrons. The Labute approximate surface area is 113 Å². The second-order valence-corrected chi connectivity index (χ2v) is 4.52. The average molecular weight is 257 g/mol. The Morgan fingerprint density at radius 1 is 1.16 bits per heavy atom. The van der Waals surface area contributed by atoms with Crippen molar-refractivity contribution >= 4 is 0 Å². The van der Waals surface area contributed by atoms with E-state index in [1.807, 2.05) is 19.2 Å². The van der Waals surface area contributed by atoms with Crippen LogP contribution < -0.4 is 11.3 Å². The van der Waals surface area contributed by atoms with Crippen LogP contribution >= 0.6 is 0 Å². The number of hydrazine groups is 1. The zero-order chi connectivity index (χ0) is 13.7. The first-order chi connectivity index (χ1) is 9.22. The van der Waals surface area contributed by atoms with Crippen LogP contribution in [0.2, 0.25) is 0 Å². The van der Waals surface area contributed by atoms with Crippen LogP contribution in [0.25, 0.3) is 0 Å². The molecule has 5 heteroatoms. The Morgan fingerprint density at radius 3 is 2.53 bits per heavy atom. The third kappa shape index (κ3) is 3.56. The molecule has 2 heterocycles. The Bertz CT molecular complexity index is 506. The van der Waals surface area contributed by atoms with Crippen LogP contribution in [0.15, 0.2) is 30.7 Å². The van der Waals surface area contributed by atoms with Gasteiger partial charge < -0.3 is 0 Å². The molecule has 2 aromatic heterocycles. The summed E-state index contributed by atoms with van der Waals surface area (Å²) < 4.78 is 0. The molecular formula is C14H19N5. The number of hydrogen-bond acceptors (Lipinski definition) is 5. The molecule has 0 radical (unpaired) electrons. The molecular weight excluding hydrogens is 238 g/mol. The summed E-state index contributed by atoms with van der Waals surface area (Å²) in [5.41, 5.74) is 6.72. The maximum absolute atomic E-state index is 5.60. The van der Waals surface area contributed by atoms with Gasteiger partial charge in [0.15, 0.2) is 0 Å². The van der Waals surface area contributed by atoms with Crippen LogP contribution in [0, 0.1) is 6.92 Å². The van der Waals surface area contributed by atoms with Gasteiger partial charge in [-0.1, -0.05) is 13.0 Å². The van der Waals surface area contributed by atoms with Crippen molar-refractivity contribution in [3.05, 3.63) is 53.4 Å². The summed E-state index contributed by atoms with van der Waals surface area (Å²) in [6.07, 6.45) is 7.09. The molecule has 0 spiro atoms. The van der Waals surface area contributed by atoms with Crippen LogP contribution in [-0.4, -0.2) is 15.0 Å². The van der Waals surface area contributed by atoms with E-state index in [-0.39, 0.29) is 6.04 Å². The topological polar surface area (TPSA) is 76.7 Å². The Hall–Kier alpha value is -1.85. The van der Waals surface area contributed by atoms with Gasteiger partial charge in [0.05, 0.1) is 23.6 Å². The molecule has 3 N–H and O–H groups in total. The van der Waals surface area contributed by atoms with Crippen LogP contribution in [-0.2, 0) is 12.8 Å². The molecule has 1 unspecified atom stereocenters. The van der Waals surface area contributed by atoms with E-state index in [1.54, 1.807) is 12.4 Å². The van der Waals surface area contributed by atoms with E-state index in [2.05, 4.69) is 33.4 Å². The molecule has 0 aromatic carbocycles. The highest BCUT2D eigenvalue weighted by Gasteiger charge is 2.13. The zero-order valence-corrected chi connectivity index (χ0v) is 11.3. The van der Waals surface area contributed by atoms with E-state index < -0.39 is 0 Å². The lowest BCUT2D eigenvalue weighted by atomic mass is 10.1. The smallest absolute Gasteiger partial charge is 0.0773 e. The highest BCUT2D eigenvalue weighted by atomic mass is 15.2. The van der Waals surface area contributed by atoms with Gasteiger partial charge in [-0.25, -0.2) is 0 Å². The van der Waals surface area contributed by atoms with Gasteiger partial charge in [0.1, 0.15) is 0 Å². The normalized spacial score (nSPS) is 12.4. The second kappa shape index (κ2) is 6.36. The Kier molecular flexibility index (Phi) is 4.54. The van der Waals surface area contributed by atoms with Crippen molar-refractivity contribution in [2.45, 2.75) is 32.7 Å². The number of rotatable bonds is 5. The maximum atomic E-state index is 5.60. The average Bonchev–Trinajstić information content (AvgIpc) is 2.46. The van der Waals surface area contributed by atoms with Crippen molar-refractivity contribution in [1.29, 1.82) is 0 Å². The quantitative estimate of drug-likeness (QED) is 0.627. The third-order valence-electron chi connectivity index (χ3n) is 3.07. The summed E-state index contributed by atoms with van der Waals surface area (Å²) in [6.45, 7) is 4.02. The molecule has 5 nitrogen and oxygen atoms in total. The minimum atomic E-state index is -0.0759. The minimum Gasteiger partial charge on any atom is -0.271 e. The van der Waals surface area contributed by atoms with Crippen LogP contribution in [0.3, 0.4) is 0 Å². The van der Waals surface area contributed by atoms with E-state index in [0.717, 1.165) is 23.5 Å². The summed E-state index contributed by atoms with van der Waals surface area (Å²) >= 11 is 0. The van der Waals surface area contributed by atoms with Crippen molar-refractivity contribution in [2.75, 3.05) is 0 Å². The standard InChI is InChI=1S/C14H19N5/c1-3-11-4-5-12(17-8-11)6-13(19-15)14-9-16-10(2)7-18-14/h4-5,7-9,13,19H,3,6,15H2,1-2H3. The highest BCUT2D eigenvalue weighted by Crippen LogP contribution is 2.14. The number of nitrogens with two attached hydrogens (primary N) is 1. The number of nitrogens with zero attached hydrogens (tertiary/aromatic N) is 3. The minimum absolute atomic E-state index is 0.0759. The van der Waals surface area contributed by atoms with Crippen molar-refractivity contribution in [3.8, 4) is 0 Å². The number of hydrogen-bond donors (Lipinski definition) is 2. The largest absolute Gasteiger partial charge is 0.271 e. The second-order valence-electron chi connectivity index (χ2n) is 4.52. The van der Waals surface area contributed by atoms with E-state index in [9.17, 15) is 0 Å². The highest BCUT2D eigenvalue weighted by molar-refractivity contribution is 5.16. The SMILES string of the molecule is CCc1ccc(CC(NN)c2cnc(C)cn2)nc1. The fourth-order valence-corrected chi connectivity index (χ4v) is 1.83. The van der Waals surface area contributed by atoms with E-state index >= 15 is 0 Å². The van der Waals surface area contributed by atoms with Crippen molar-refractivity contribution in [1.82, 2.24) is 20.4 Å². The third-order valence-corrected chi connectivity index (χ3v) is 3.07. The van der Waals surface area contributed by atoms with Gasteiger partial charge in [-0.05, 0) is 25.0 Å². The summed E-state index contributed by atoms with van der Waals surface area (Å²) in [7, 11) is 0. The number of pyridine rings is 1. The van der Waals surface area contributed by atoms with Crippen LogP contribution in [0.1, 0.15) is 35.6 Å². The van der Waals surface area contributed by atoms with Gasteiger partial charge in [0, 0.05) is 24.5 Å². The Balaban J connectivity index is 2.11. The number of nitrogens with one attached hydrogen (secondary N) is 1. The molecule has 19 heavy (non-hydrogen) atoms. The van der Waals surface area contributed by atoms with Crippen molar-refractivity contribution in [3.63, 3.8) is 0 Å². The summed E-state index contributed by atoms with van der Waals surface area (Å²) in [6, 6.07) is 4.05. The monoisotopic (exact) mass is 257 g/mol. The van der Waals surface area contributed by atoms with Gasteiger partial charge in [-0.15, -0.1) is 0 Å². The molecule has 0 aliphatic carbocycles. The van der Waals surface area contributed by atoms with Gasteiger partial charge in [0.2, 0.25) is 0 Å². The molecule has 0 saturated heterocycles. The van der Waals surface area contributed by atoms with E-state index in [4.69, 9.17) is 5.84 Å². The molecule has 2 aromatic rings. The fourth-order valence-electron chi connectivity index (χ4n) is 1.83.